The van der Waals surface area contributed by atoms with Crippen molar-refractivity contribution in [1.29, 1.82) is 0 Å². The van der Waals surface area contributed by atoms with Crippen LogP contribution in [0.25, 0.3) is 0 Å². The molecule has 2 saturated heterocycles. The molecule has 1 atom stereocenters. The average Bonchev–Trinajstić information content (AvgIpc) is 2.57. The van der Waals surface area contributed by atoms with Crippen molar-refractivity contribution in [2.75, 3.05) is 50.8 Å². The quantitative estimate of drug-likeness (QED) is 0.779. The molecule has 3 rings (SSSR count). The van der Waals surface area contributed by atoms with Crippen LogP contribution in [0.3, 0.4) is 0 Å². The zero-order valence-electron chi connectivity index (χ0n) is 12.4. The Labute approximate surface area is 125 Å². The largest absolute Gasteiger partial charge is 0.380 e. The molecule has 1 aromatic rings. The van der Waals surface area contributed by atoms with E-state index in [2.05, 4.69) is 20.9 Å². The number of nitrogens with zero attached hydrogens (tertiary/aromatic N) is 3. The van der Waals surface area contributed by atoms with Crippen LogP contribution in [0, 0.1) is 5.41 Å². The second kappa shape index (κ2) is 6.54. The molecule has 5 nitrogen and oxygen atoms in total. The van der Waals surface area contributed by atoms with E-state index in [-0.39, 0.29) is 5.41 Å². The minimum Gasteiger partial charge on any atom is -0.380 e. The summed E-state index contributed by atoms with van der Waals surface area (Å²) in [5.74, 6) is 1.04. The van der Waals surface area contributed by atoms with Gasteiger partial charge in [-0.05, 0) is 25.0 Å². The molecular formula is C16H23N3O2. The Balaban J connectivity index is 1.55. The first-order valence-electron chi connectivity index (χ1n) is 7.74. The molecular weight excluding hydrogens is 266 g/mol. The zero-order chi connectivity index (χ0) is 14.5. The first-order valence-corrected chi connectivity index (χ1v) is 7.74. The highest BCUT2D eigenvalue weighted by Gasteiger charge is 2.35. The lowest BCUT2D eigenvalue weighted by atomic mass is 9.83. The maximum absolute atomic E-state index is 11.5. The highest BCUT2D eigenvalue weighted by atomic mass is 16.5. The lowest BCUT2D eigenvalue weighted by Crippen LogP contribution is -2.52. The molecule has 3 heterocycles. The number of piperazine rings is 1. The van der Waals surface area contributed by atoms with Gasteiger partial charge in [-0.3, -0.25) is 4.90 Å². The molecule has 0 radical (unpaired) electrons. The van der Waals surface area contributed by atoms with Crippen molar-refractivity contribution in [3.63, 3.8) is 0 Å². The fraction of sp³-hybridized carbons (Fsp3) is 0.625. The minimum atomic E-state index is -0.286. The van der Waals surface area contributed by atoms with E-state index in [1.807, 2.05) is 18.3 Å². The molecule has 0 aromatic carbocycles. The van der Waals surface area contributed by atoms with E-state index < -0.39 is 0 Å². The van der Waals surface area contributed by atoms with Gasteiger partial charge in [0, 0.05) is 45.5 Å². The summed E-state index contributed by atoms with van der Waals surface area (Å²) < 4.78 is 5.53. The van der Waals surface area contributed by atoms with Crippen molar-refractivity contribution in [2.24, 2.45) is 5.41 Å². The van der Waals surface area contributed by atoms with Crippen molar-refractivity contribution in [3.05, 3.63) is 24.4 Å². The Kier molecular flexibility index (Phi) is 4.51. The zero-order valence-corrected chi connectivity index (χ0v) is 12.4. The smallest absolute Gasteiger partial charge is 0.129 e. The Hall–Kier alpha value is -1.46. The van der Waals surface area contributed by atoms with Crippen LogP contribution in [0.15, 0.2) is 24.4 Å². The third kappa shape index (κ3) is 3.41. The summed E-state index contributed by atoms with van der Waals surface area (Å²) in [7, 11) is 0. The molecule has 0 bridgehead atoms. The van der Waals surface area contributed by atoms with Gasteiger partial charge in [0.25, 0.3) is 0 Å². The Morgan fingerprint density at radius 3 is 2.76 bits per heavy atom. The predicted octanol–water partition coefficient (Wildman–Crippen LogP) is 1.20. The number of aromatic nitrogens is 1. The number of hydrogen-bond acceptors (Lipinski definition) is 5. The third-order valence-corrected chi connectivity index (χ3v) is 4.49. The van der Waals surface area contributed by atoms with Gasteiger partial charge in [-0.1, -0.05) is 6.07 Å². The van der Waals surface area contributed by atoms with Crippen LogP contribution in [0.4, 0.5) is 5.82 Å². The lowest BCUT2D eigenvalue weighted by Gasteiger charge is -2.41. The Morgan fingerprint density at radius 2 is 2.14 bits per heavy atom. The molecule has 114 valence electrons. The van der Waals surface area contributed by atoms with Gasteiger partial charge in [-0.25, -0.2) is 4.98 Å². The van der Waals surface area contributed by atoms with E-state index in [0.717, 1.165) is 64.3 Å². The second-order valence-electron chi connectivity index (χ2n) is 6.09. The summed E-state index contributed by atoms with van der Waals surface area (Å²) >= 11 is 0. The fourth-order valence-corrected chi connectivity index (χ4v) is 3.25. The standard InChI is InChI=1S/C16H23N3O2/c20-13-16(5-3-11-21-14-16)12-18-7-9-19(10-8-18)15-4-1-2-6-17-15/h1-2,4,6,13H,3,5,7-12,14H2. The van der Waals surface area contributed by atoms with E-state index >= 15 is 0 Å². The molecule has 2 aliphatic rings. The highest BCUT2D eigenvalue weighted by molar-refractivity contribution is 5.60. The van der Waals surface area contributed by atoms with Gasteiger partial charge in [0.1, 0.15) is 12.1 Å². The van der Waals surface area contributed by atoms with E-state index in [0.29, 0.717) is 6.61 Å². The van der Waals surface area contributed by atoms with E-state index in [1.165, 1.54) is 0 Å². The SMILES string of the molecule is O=CC1(CN2CCN(c3ccccn3)CC2)CCCOC1. The van der Waals surface area contributed by atoms with Crippen LogP contribution < -0.4 is 4.90 Å². The number of anilines is 1. The number of carbonyl (C=O) groups excluding carboxylic acids is 1. The molecule has 21 heavy (non-hydrogen) atoms. The fourth-order valence-electron chi connectivity index (χ4n) is 3.25. The third-order valence-electron chi connectivity index (χ3n) is 4.49. The van der Waals surface area contributed by atoms with Gasteiger partial charge in [0.05, 0.1) is 12.0 Å². The molecule has 0 saturated carbocycles. The van der Waals surface area contributed by atoms with E-state index in [9.17, 15) is 4.79 Å². The summed E-state index contributed by atoms with van der Waals surface area (Å²) in [4.78, 5) is 20.6. The van der Waals surface area contributed by atoms with Gasteiger partial charge in [0.15, 0.2) is 0 Å². The number of ether oxygens (including phenoxy) is 1. The number of aldehydes is 1. The molecule has 5 heteroatoms. The molecule has 2 fully saturated rings. The molecule has 0 amide bonds. The van der Waals surface area contributed by atoms with E-state index in [4.69, 9.17) is 4.74 Å². The van der Waals surface area contributed by atoms with Gasteiger partial charge in [0.2, 0.25) is 0 Å². The molecule has 0 N–H and O–H groups in total. The molecule has 0 spiro atoms. The maximum Gasteiger partial charge on any atom is 0.129 e. The van der Waals surface area contributed by atoms with Crippen molar-refractivity contribution in [3.8, 4) is 0 Å². The topological polar surface area (TPSA) is 45.7 Å². The summed E-state index contributed by atoms with van der Waals surface area (Å²) in [6, 6.07) is 6.02. The monoisotopic (exact) mass is 289 g/mol. The second-order valence-corrected chi connectivity index (χ2v) is 6.09. The van der Waals surface area contributed by atoms with Gasteiger partial charge in [-0.2, -0.15) is 0 Å². The minimum absolute atomic E-state index is 0.286. The molecule has 1 unspecified atom stereocenters. The Morgan fingerprint density at radius 1 is 1.29 bits per heavy atom. The number of hydrogen-bond donors (Lipinski definition) is 0. The van der Waals surface area contributed by atoms with Crippen LogP contribution in [0.1, 0.15) is 12.8 Å². The summed E-state index contributed by atoms with van der Waals surface area (Å²) in [5.41, 5.74) is -0.286. The van der Waals surface area contributed by atoms with E-state index in [1.54, 1.807) is 0 Å². The van der Waals surface area contributed by atoms with Crippen molar-refractivity contribution in [2.45, 2.75) is 12.8 Å². The lowest BCUT2D eigenvalue weighted by molar-refractivity contribution is -0.125. The highest BCUT2D eigenvalue weighted by Crippen LogP contribution is 2.28. The van der Waals surface area contributed by atoms with Crippen LogP contribution in [0.2, 0.25) is 0 Å². The maximum atomic E-state index is 11.5. The predicted molar refractivity (Wildman–Crippen MR) is 81.4 cm³/mol. The van der Waals surface area contributed by atoms with Gasteiger partial charge >= 0.3 is 0 Å². The number of carbonyl (C=O) groups is 1. The number of pyridine rings is 1. The molecule has 1 aromatic heterocycles. The summed E-state index contributed by atoms with van der Waals surface area (Å²) in [6.45, 7) is 6.09. The van der Waals surface area contributed by atoms with Crippen LogP contribution in [0.5, 0.6) is 0 Å². The van der Waals surface area contributed by atoms with Crippen molar-refractivity contribution >= 4 is 12.1 Å². The first kappa shape index (κ1) is 14.5. The number of rotatable bonds is 4. The Bertz CT molecular complexity index is 452. The average molecular weight is 289 g/mol. The van der Waals surface area contributed by atoms with Gasteiger partial charge < -0.3 is 14.4 Å². The van der Waals surface area contributed by atoms with Crippen molar-refractivity contribution in [1.82, 2.24) is 9.88 Å². The van der Waals surface area contributed by atoms with Crippen molar-refractivity contribution < 1.29 is 9.53 Å². The van der Waals surface area contributed by atoms with Gasteiger partial charge in [-0.15, -0.1) is 0 Å². The van der Waals surface area contributed by atoms with Crippen LogP contribution in [-0.2, 0) is 9.53 Å². The summed E-state index contributed by atoms with van der Waals surface area (Å²) in [6.07, 6.45) is 4.91. The molecule has 0 aliphatic carbocycles. The normalized spacial score (nSPS) is 27.5. The summed E-state index contributed by atoms with van der Waals surface area (Å²) in [5, 5.41) is 0. The molecule has 2 aliphatic heterocycles. The first-order chi connectivity index (χ1) is 10.3. The van der Waals surface area contributed by atoms with Crippen LogP contribution >= 0.6 is 0 Å². The van der Waals surface area contributed by atoms with Crippen LogP contribution in [-0.4, -0.2) is 62.1 Å².